The first-order valence-corrected chi connectivity index (χ1v) is 5.79. The molecule has 1 unspecified atom stereocenters. The highest BCUT2D eigenvalue weighted by Crippen LogP contribution is 2.16. The van der Waals surface area contributed by atoms with E-state index in [1.807, 2.05) is 42.5 Å². The van der Waals surface area contributed by atoms with Gasteiger partial charge in [-0.25, -0.2) is 4.79 Å². The van der Waals surface area contributed by atoms with Crippen molar-refractivity contribution >= 4 is 5.97 Å². The van der Waals surface area contributed by atoms with Crippen molar-refractivity contribution in [2.24, 2.45) is 5.73 Å². The molecule has 0 spiro atoms. The van der Waals surface area contributed by atoms with Gasteiger partial charge in [-0.2, -0.15) is 0 Å². The molecule has 0 saturated carbocycles. The van der Waals surface area contributed by atoms with Crippen LogP contribution in [0.2, 0.25) is 0 Å². The molecule has 0 saturated heterocycles. The van der Waals surface area contributed by atoms with Gasteiger partial charge in [-0.3, -0.25) is 0 Å². The Balaban J connectivity index is 2.08. The molecule has 2 aromatic rings. The Morgan fingerprint density at radius 1 is 1.06 bits per heavy atom. The average Bonchev–Trinajstić information content (AvgIpc) is 2.40. The number of rotatable bonds is 4. The summed E-state index contributed by atoms with van der Waals surface area (Å²) in [6.07, 6.45) is 0.698. The molecule has 92 valence electrons. The van der Waals surface area contributed by atoms with Gasteiger partial charge in [0.25, 0.3) is 0 Å². The first kappa shape index (κ1) is 12.3. The van der Waals surface area contributed by atoms with Gasteiger partial charge in [0.15, 0.2) is 0 Å². The molecule has 0 aromatic heterocycles. The Hall–Kier alpha value is -2.13. The van der Waals surface area contributed by atoms with Gasteiger partial charge in [0.1, 0.15) is 0 Å². The highest BCUT2D eigenvalue weighted by Gasteiger charge is 2.07. The first-order chi connectivity index (χ1) is 8.66. The number of carboxylic acid groups (broad SMARTS) is 1. The highest BCUT2D eigenvalue weighted by molar-refractivity contribution is 5.87. The van der Waals surface area contributed by atoms with Gasteiger partial charge < -0.3 is 10.8 Å². The lowest BCUT2D eigenvalue weighted by Gasteiger charge is -2.12. The molecular formula is C15H15NO2. The maximum atomic E-state index is 10.7. The Morgan fingerprint density at radius 2 is 1.67 bits per heavy atom. The molecule has 0 aliphatic heterocycles. The Morgan fingerprint density at radius 3 is 2.22 bits per heavy atom. The number of hydrogen-bond donors (Lipinski definition) is 2. The van der Waals surface area contributed by atoms with Crippen LogP contribution in [0, 0.1) is 0 Å². The summed E-state index contributed by atoms with van der Waals surface area (Å²) in [4.78, 5) is 10.7. The minimum atomic E-state index is -0.908. The van der Waals surface area contributed by atoms with Gasteiger partial charge >= 0.3 is 5.97 Å². The molecule has 2 rings (SSSR count). The van der Waals surface area contributed by atoms with Crippen LogP contribution in [0.1, 0.15) is 27.5 Å². The van der Waals surface area contributed by atoms with E-state index in [2.05, 4.69) is 0 Å². The molecule has 3 heteroatoms. The fourth-order valence-corrected chi connectivity index (χ4v) is 1.86. The SMILES string of the molecule is NC(Cc1ccc(C(=O)O)cc1)c1ccccc1. The molecule has 0 aliphatic carbocycles. The first-order valence-electron chi connectivity index (χ1n) is 5.79. The number of carboxylic acids is 1. The standard InChI is InChI=1S/C15H15NO2/c16-14(12-4-2-1-3-5-12)10-11-6-8-13(9-7-11)15(17)18/h1-9,14H,10,16H2,(H,17,18). The van der Waals surface area contributed by atoms with Gasteiger partial charge in [0, 0.05) is 6.04 Å². The van der Waals surface area contributed by atoms with Crippen LogP contribution >= 0.6 is 0 Å². The molecule has 2 aromatic carbocycles. The van der Waals surface area contributed by atoms with Gasteiger partial charge in [-0.05, 0) is 29.7 Å². The summed E-state index contributed by atoms with van der Waals surface area (Å²) < 4.78 is 0. The lowest BCUT2D eigenvalue weighted by molar-refractivity contribution is 0.0697. The van der Waals surface area contributed by atoms with E-state index in [9.17, 15) is 4.79 Å². The number of hydrogen-bond acceptors (Lipinski definition) is 2. The molecule has 0 amide bonds. The fraction of sp³-hybridized carbons (Fsp3) is 0.133. The van der Waals surface area contributed by atoms with Crippen molar-refractivity contribution in [3.63, 3.8) is 0 Å². The molecule has 0 aliphatic rings. The van der Waals surface area contributed by atoms with Crippen LogP contribution in [-0.2, 0) is 6.42 Å². The monoisotopic (exact) mass is 241 g/mol. The van der Waals surface area contributed by atoms with Crippen LogP contribution in [0.15, 0.2) is 54.6 Å². The van der Waals surface area contributed by atoms with Gasteiger partial charge in [-0.1, -0.05) is 42.5 Å². The number of nitrogens with two attached hydrogens (primary N) is 1. The molecule has 1 atom stereocenters. The van der Waals surface area contributed by atoms with Gasteiger partial charge in [0.05, 0.1) is 5.56 Å². The highest BCUT2D eigenvalue weighted by atomic mass is 16.4. The molecule has 0 bridgehead atoms. The molecular weight excluding hydrogens is 226 g/mol. The van der Waals surface area contributed by atoms with Gasteiger partial charge in [0.2, 0.25) is 0 Å². The third-order valence-corrected chi connectivity index (χ3v) is 2.88. The summed E-state index contributed by atoms with van der Waals surface area (Å²) in [7, 11) is 0. The van der Waals surface area contributed by atoms with E-state index in [0.717, 1.165) is 11.1 Å². The van der Waals surface area contributed by atoms with Crippen molar-refractivity contribution < 1.29 is 9.90 Å². The fourth-order valence-electron chi connectivity index (χ4n) is 1.86. The van der Waals surface area contributed by atoms with Crippen LogP contribution in [0.25, 0.3) is 0 Å². The largest absolute Gasteiger partial charge is 0.478 e. The van der Waals surface area contributed by atoms with E-state index >= 15 is 0 Å². The predicted molar refractivity (Wildman–Crippen MR) is 70.5 cm³/mol. The lowest BCUT2D eigenvalue weighted by atomic mass is 9.99. The summed E-state index contributed by atoms with van der Waals surface area (Å²) in [5, 5.41) is 8.81. The van der Waals surface area contributed by atoms with E-state index in [0.29, 0.717) is 12.0 Å². The topological polar surface area (TPSA) is 63.3 Å². The van der Waals surface area contributed by atoms with Crippen LogP contribution in [0.4, 0.5) is 0 Å². The van der Waals surface area contributed by atoms with Crippen molar-refractivity contribution in [1.29, 1.82) is 0 Å². The van der Waals surface area contributed by atoms with Crippen LogP contribution in [-0.4, -0.2) is 11.1 Å². The van der Waals surface area contributed by atoms with E-state index in [1.165, 1.54) is 0 Å². The summed E-state index contributed by atoms with van der Waals surface area (Å²) in [6, 6.07) is 16.6. The van der Waals surface area contributed by atoms with Crippen molar-refractivity contribution in [3.8, 4) is 0 Å². The quantitative estimate of drug-likeness (QED) is 0.864. The van der Waals surface area contributed by atoms with E-state index < -0.39 is 5.97 Å². The Kier molecular flexibility index (Phi) is 3.75. The van der Waals surface area contributed by atoms with Gasteiger partial charge in [-0.15, -0.1) is 0 Å². The minimum Gasteiger partial charge on any atom is -0.478 e. The smallest absolute Gasteiger partial charge is 0.335 e. The van der Waals surface area contributed by atoms with Crippen molar-refractivity contribution in [2.75, 3.05) is 0 Å². The summed E-state index contributed by atoms with van der Waals surface area (Å²) in [5.41, 5.74) is 8.53. The second kappa shape index (κ2) is 5.47. The predicted octanol–water partition coefficient (Wildman–Crippen LogP) is 2.63. The van der Waals surface area contributed by atoms with Crippen molar-refractivity contribution in [3.05, 3.63) is 71.3 Å². The molecule has 3 nitrogen and oxygen atoms in total. The zero-order valence-corrected chi connectivity index (χ0v) is 9.91. The molecule has 3 N–H and O–H groups in total. The Bertz CT molecular complexity index is 520. The number of benzene rings is 2. The second-order valence-corrected chi connectivity index (χ2v) is 4.22. The molecule has 0 heterocycles. The zero-order valence-electron chi connectivity index (χ0n) is 9.91. The van der Waals surface area contributed by atoms with Crippen molar-refractivity contribution in [2.45, 2.75) is 12.5 Å². The van der Waals surface area contributed by atoms with Crippen LogP contribution < -0.4 is 5.73 Å². The normalized spacial score (nSPS) is 12.1. The number of carbonyl (C=O) groups is 1. The van der Waals surface area contributed by atoms with E-state index in [4.69, 9.17) is 10.8 Å². The molecule has 18 heavy (non-hydrogen) atoms. The average molecular weight is 241 g/mol. The summed E-state index contributed by atoms with van der Waals surface area (Å²) >= 11 is 0. The van der Waals surface area contributed by atoms with E-state index in [1.54, 1.807) is 12.1 Å². The summed E-state index contributed by atoms with van der Waals surface area (Å²) in [6.45, 7) is 0. The zero-order chi connectivity index (χ0) is 13.0. The lowest BCUT2D eigenvalue weighted by Crippen LogP contribution is -2.13. The van der Waals surface area contributed by atoms with E-state index in [-0.39, 0.29) is 6.04 Å². The van der Waals surface area contributed by atoms with Crippen molar-refractivity contribution in [1.82, 2.24) is 0 Å². The number of aromatic carboxylic acids is 1. The molecule has 0 radical (unpaired) electrons. The molecule has 0 fully saturated rings. The second-order valence-electron chi connectivity index (χ2n) is 4.22. The Labute approximate surface area is 106 Å². The third-order valence-electron chi connectivity index (χ3n) is 2.88. The van der Waals surface area contributed by atoms with Crippen LogP contribution in [0.3, 0.4) is 0 Å². The maximum Gasteiger partial charge on any atom is 0.335 e. The third kappa shape index (κ3) is 2.96. The van der Waals surface area contributed by atoms with Crippen LogP contribution in [0.5, 0.6) is 0 Å². The maximum absolute atomic E-state index is 10.7. The minimum absolute atomic E-state index is 0.0677. The summed E-state index contributed by atoms with van der Waals surface area (Å²) in [5.74, 6) is -0.908.